The molecular weight excluding hydrogens is 487 g/mol. The van der Waals surface area contributed by atoms with Gasteiger partial charge in [-0.05, 0) is 54.8 Å². The van der Waals surface area contributed by atoms with Crippen LogP contribution in [0.4, 0.5) is 4.39 Å². The Kier molecular flexibility index (Phi) is 6.43. The van der Waals surface area contributed by atoms with Gasteiger partial charge in [0.2, 0.25) is 15.9 Å². The van der Waals surface area contributed by atoms with Crippen molar-refractivity contribution in [1.82, 2.24) is 20.1 Å². The fourth-order valence-corrected chi connectivity index (χ4v) is 5.42. The molecule has 0 bridgehead atoms. The maximum absolute atomic E-state index is 14.9. The van der Waals surface area contributed by atoms with Crippen LogP contribution in [-0.2, 0) is 10.0 Å². The summed E-state index contributed by atoms with van der Waals surface area (Å²) in [7, 11) is -4.30. The summed E-state index contributed by atoms with van der Waals surface area (Å²) in [5.41, 5.74) is 1.90. The van der Waals surface area contributed by atoms with Gasteiger partial charge in [-0.25, -0.2) is 22.7 Å². The van der Waals surface area contributed by atoms with E-state index < -0.39 is 33.6 Å². The first-order valence-electron chi connectivity index (χ1n) is 10.1. The Bertz CT molecular complexity index is 1500. The number of aromatic nitrogens is 3. The van der Waals surface area contributed by atoms with Crippen molar-refractivity contribution >= 4 is 21.6 Å². The lowest BCUT2D eigenvalue weighted by atomic mass is 9.88. The summed E-state index contributed by atoms with van der Waals surface area (Å²) < 4.78 is 54.7. The first-order chi connectivity index (χ1) is 16.1. The zero-order valence-electron chi connectivity index (χ0n) is 18.3. The van der Waals surface area contributed by atoms with Gasteiger partial charge in [-0.15, -0.1) is 5.10 Å². The summed E-state index contributed by atoms with van der Waals surface area (Å²) in [6, 6.07) is 7.35. The van der Waals surface area contributed by atoms with E-state index in [0.29, 0.717) is 5.56 Å². The molecule has 178 valence electrons. The smallest absolute Gasteiger partial charge is 0.391 e. The predicted molar refractivity (Wildman–Crippen MR) is 121 cm³/mol. The number of rotatable bonds is 7. The second-order valence-corrected chi connectivity index (χ2v) is 9.88. The van der Waals surface area contributed by atoms with Crippen LogP contribution in [0.3, 0.4) is 0 Å². The highest BCUT2D eigenvalue weighted by molar-refractivity contribution is 7.89. The molecule has 0 amide bonds. The Morgan fingerprint density at radius 1 is 1.18 bits per heavy atom. The van der Waals surface area contributed by atoms with E-state index in [9.17, 15) is 17.6 Å². The van der Waals surface area contributed by atoms with Gasteiger partial charge in [0.25, 0.3) is 0 Å². The van der Waals surface area contributed by atoms with Crippen molar-refractivity contribution in [2.45, 2.75) is 37.6 Å². The van der Waals surface area contributed by atoms with Gasteiger partial charge >= 0.3 is 5.76 Å². The van der Waals surface area contributed by atoms with Crippen LogP contribution < -0.4 is 10.5 Å². The molecule has 0 aliphatic heterocycles. The number of halogens is 2. The number of benzene rings is 2. The largest absolute Gasteiger partial charge is 0.434 e. The molecule has 0 saturated heterocycles. The van der Waals surface area contributed by atoms with Gasteiger partial charge in [0, 0.05) is 22.6 Å². The van der Waals surface area contributed by atoms with E-state index in [1.165, 1.54) is 36.5 Å². The van der Waals surface area contributed by atoms with Crippen LogP contribution in [-0.4, -0.2) is 23.8 Å². The van der Waals surface area contributed by atoms with Crippen molar-refractivity contribution in [1.29, 1.82) is 0 Å². The van der Waals surface area contributed by atoms with Crippen molar-refractivity contribution in [3.63, 3.8) is 0 Å². The third-order valence-electron chi connectivity index (χ3n) is 5.63. The second kappa shape index (κ2) is 9.16. The number of sulfonamides is 1. The van der Waals surface area contributed by atoms with Crippen LogP contribution in [0.15, 0.2) is 61.2 Å². The maximum atomic E-state index is 14.9. The van der Waals surface area contributed by atoms with Crippen LogP contribution in [0.25, 0.3) is 11.3 Å². The van der Waals surface area contributed by atoms with Crippen molar-refractivity contribution in [3.8, 4) is 11.3 Å². The van der Waals surface area contributed by atoms with E-state index in [2.05, 4.69) is 20.1 Å². The summed E-state index contributed by atoms with van der Waals surface area (Å²) in [6.07, 6.45) is 1.37. The first kappa shape index (κ1) is 23.9. The summed E-state index contributed by atoms with van der Waals surface area (Å²) in [4.78, 5) is 11.5. The summed E-state index contributed by atoms with van der Waals surface area (Å²) >= 11 is 6.09. The molecule has 9 nitrogen and oxygen atoms in total. The van der Waals surface area contributed by atoms with Crippen LogP contribution in [0, 0.1) is 19.7 Å². The minimum absolute atomic E-state index is 0.162. The van der Waals surface area contributed by atoms with E-state index >= 15 is 0 Å². The highest BCUT2D eigenvalue weighted by Crippen LogP contribution is 2.37. The number of hydrogen-bond acceptors (Lipinski definition) is 7. The van der Waals surface area contributed by atoms with E-state index in [4.69, 9.17) is 20.5 Å². The monoisotopic (exact) mass is 506 g/mol. The number of nitrogens with one attached hydrogen (secondary N) is 2. The van der Waals surface area contributed by atoms with Crippen molar-refractivity contribution in [2.75, 3.05) is 0 Å². The quantitative estimate of drug-likeness (QED) is 0.383. The highest BCUT2D eigenvalue weighted by Gasteiger charge is 2.34. The van der Waals surface area contributed by atoms with Gasteiger partial charge in [-0.3, -0.25) is 0 Å². The van der Waals surface area contributed by atoms with Gasteiger partial charge in [-0.2, -0.15) is 4.72 Å². The Hall–Kier alpha value is -3.28. The fourth-order valence-electron chi connectivity index (χ4n) is 3.79. The van der Waals surface area contributed by atoms with Gasteiger partial charge in [0.1, 0.15) is 11.9 Å². The molecular formula is C22H20ClFN4O5S. The maximum Gasteiger partial charge on any atom is 0.434 e. The van der Waals surface area contributed by atoms with Gasteiger partial charge in [-0.1, -0.05) is 29.7 Å². The number of H-pyrrole nitrogens is 1. The Labute approximate surface area is 199 Å². The third-order valence-corrected chi connectivity index (χ3v) is 7.36. The average Bonchev–Trinajstić information content (AvgIpc) is 3.47. The molecule has 0 radical (unpaired) electrons. The molecule has 2 atom stereocenters. The number of hydrogen-bond donors (Lipinski definition) is 2. The Morgan fingerprint density at radius 3 is 2.59 bits per heavy atom. The molecule has 0 saturated carbocycles. The molecule has 12 heteroatoms. The summed E-state index contributed by atoms with van der Waals surface area (Å²) in [6.45, 7) is 5.17. The Balaban J connectivity index is 1.83. The normalized spacial score (nSPS) is 13.7. The number of nitrogens with zero attached hydrogens (tertiary/aromatic N) is 2. The fraction of sp³-hybridized carbons (Fsp3) is 0.227. The molecule has 0 aliphatic carbocycles. The van der Waals surface area contributed by atoms with E-state index in [0.717, 1.165) is 5.56 Å². The molecule has 34 heavy (non-hydrogen) atoms. The number of aryl methyl sites for hydroxylation is 1. The standard InChI is InChI=1S/C22H20ClFN4O5S/c1-11-4-6-16(24)19(12(11)2)13(3)20(21-26-27-22(29)32-21)28-34(30,31)18-7-5-14(23)10-15(18)17-8-9-25-33-17/h4-10,13,20,28H,1-3H3,(H,27,29). The van der Waals surface area contributed by atoms with Gasteiger partial charge < -0.3 is 8.94 Å². The Morgan fingerprint density at radius 2 is 1.94 bits per heavy atom. The van der Waals surface area contributed by atoms with Crippen LogP contribution >= 0.6 is 11.6 Å². The zero-order valence-corrected chi connectivity index (χ0v) is 19.9. The molecule has 4 rings (SSSR count). The minimum atomic E-state index is -4.30. The lowest BCUT2D eigenvalue weighted by Crippen LogP contribution is -2.33. The molecule has 0 spiro atoms. The van der Waals surface area contributed by atoms with Crippen LogP contribution in [0.5, 0.6) is 0 Å². The first-order valence-corrected chi connectivity index (χ1v) is 12.0. The van der Waals surface area contributed by atoms with Crippen molar-refractivity contribution in [2.24, 2.45) is 0 Å². The molecule has 4 aromatic rings. The molecule has 2 aromatic carbocycles. The molecule has 2 unspecified atom stereocenters. The van der Waals surface area contributed by atoms with Crippen LogP contribution in [0.1, 0.15) is 41.5 Å². The number of aromatic amines is 1. The molecule has 2 aromatic heterocycles. The van der Waals surface area contributed by atoms with Crippen molar-refractivity contribution < 1.29 is 21.7 Å². The van der Waals surface area contributed by atoms with E-state index in [1.807, 2.05) is 6.92 Å². The average molecular weight is 507 g/mol. The van der Waals surface area contributed by atoms with Gasteiger partial charge in [0.05, 0.1) is 11.1 Å². The highest BCUT2D eigenvalue weighted by atomic mass is 35.5. The van der Waals surface area contributed by atoms with Gasteiger partial charge in [0.15, 0.2) is 5.76 Å². The zero-order chi connectivity index (χ0) is 24.6. The lowest BCUT2D eigenvalue weighted by Gasteiger charge is -2.25. The third kappa shape index (κ3) is 4.54. The van der Waals surface area contributed by atoms with E-state index in [1.54, 1.807) is 19.9 Å². The van der Waals surface area contributed by atoms with E-state index in [-0.39, 0.29) is 32.7 Å². The van der Waals surface area contributed by atoms with Crippen molar-refractivity contribution in [3.05, 3.63) is 86.6 Å². The predicted octanol–water partition coefficient (Wildman–Crippen LogP) is 4.25. The second-order valence-electron chi connectivity index (χ2n) is 7.76. The van der Waals surface area contributed by atoms with Crippen LogP contribution in [0.2, 0.25) is 5.02 Å². The SMILES string of the molecule is Cc1ccc(F)c(C(C)C(NS(=O)(=O)c2ccc(Cl)cc2-c2ccno2)c2n[nH]c(=O)o2)c1C. The lowest BCUT2D eigenvalue weighted by molar-refractivity contribution is 0.376. The minimum Gasteiger partial charge on any atom is -0.391 e. The molecule has 2 heterocycles. The molecule has 0 fully saturated rings. The summed E-state index contributed by atoms with van der Waals surface area (Å²) in [5, 5.41) is 9.83. The molecule has 0 aliphatic rings. The summed E-state index contributed by atoms with van der Waals surface area (Å²) in [5.74, 6) is -2.26. The molecule has 2 N–H and O–H groups in total. The topological polar surface area (TPSA) is 131 Å².